The minimum Gasteiger partial charge on any atom is -0.469 e. The molecule has 1 saturated heterocycles. The second-order valence-corrected chi connectivity index (χ2v) is 5.24. The second kappa shape index (κ2) is 6.36. The SMILES string of the molecule is COC(=O)CCN1CCN(CCC2CC2)CC1. The van der Waals surface area contributed by atoms with Crippen molar-refractivity contribution in [2.75, 3.05) is 46.4 Å². The van der Waals surface area contributed by atoms with Crippen LogP contribution < -0.4 is 0 Å². The number of hydrogen-bond acceptors (Lipinski definition) is 4. The number of nitrogens with zero attached hydrogens (tertiary/aromatic N) is 2. The minimum absolute atomic E-state index is 0.0961. The highest BCUT2D eigenvalue weighted by molar-refractivity contribution is 5.69. The van der Waals surface area contributed by atoms with Gasteiger partial charge in [-0.1, -0.05) is 12.8 Å². The largest absolute Gasteiger partial charge is 0.469 e. The molecule has 0 N–H and O–H groups in total. The Hall–Kier alpha value is -0.610. The fourth-order valence-corrected chi connectivity index (χ4v) is 2.36. The van der Waals surface area contributed by atoms with E-state index in [9.17, 15) is 4.79 Å². The predicted octanol–water partition coefficient (Wildman–Crippen LogP) is 0.967. The molecule has 1 aliphatic carbocycles. The van der Waals surface area contributed by atoms with E-state index < -0.39 is 0 Å². The molecular weight excluding hydrogens is 216 g/mol. The summed E-state index contributed by atoms with van der Waals surface area (Å²) in [5.41, 5.74) is 0. The van der Waals surface area contributed by atoms with Crippen molar-refractivity contribution in [2.45, 2.75) is 25.7 Å². The zero-order valence-electron chi connectivity index (χ0n) is 10.9. The van der Waals surface area contributed by atoms with Crippen LogP contribution in [0.2, 0.25) is 0 Å². The summed E-state index contributed by atoms with van der Waals surface area (Å²) in [7, 11) is 1.46. The first kappa shape index (κ1) is 12.8. The summed E-state index contributed by atoms with van der Waals surface area (Å²) in [4.78, 5) is 16.0. The van der Waals surface area contributed by atoms with Crippen LogP contribution in [0.1, 0.15) is 25.7 Å². The van der Waals surface area contributed by atoms with E-state index in [2.05, 4.69) is 14.5 Å². The first-order valence-electron chi connectivity index (χ1n) is 6.79. The monoisotopic (exact) mass is 240 g/mol. The minimum atomic E-state index is -0.0961. The molecule has 0 bridgehead atoms. The van der Waals surface area contributed by atoms with Crippen LogP contribution in [0, 0.1) is 5.92 Å². The molecule has 17 heavy (non-hydrogen) atoms. The number of esters is 1. The highest BCUT2D eigenvalue weighted by Crippen LogP contribution is 2.32. The topological polar surface area (TPSA) is 32.8 Å². The smallest absolute Gasteiger partial charge is 0.306 e. The van der Waals surface area contributed by atoms with E-state index >= 15 is 0 Å². The van der Waals surface area contributed by atoms with Crippen LogP contribution >= 0.6 is 0 Å². The van der Waals surface area contributed by atoms with E-state index in [0.717, 1.165) is 38.6 Å². The molecule has 2 aliphatic rings. The molecule has 0 aromatic heterocycles. The third-order valence-corrected chi connectivity index (χ3v) is 3.88. The van der Waals surface area contributed by atoms with Gasteiger partial charge in [0.25, 0.3) is 0 Å². The maximum Gasteiger partial charge on any atom is 0.306 e. The van der Waals surface area contributed by atoms with Gasteiger partial charge in [-0.25, -0.2) is 0 Å². The van der Waals surface area contributed by atoms with Crippen LogP contribution in [0.25, 0.3) is 0 Å². The van der Waals surface area contributed by atoms with E-state index in [1.807, 2.05) is 0 Å². The summed E-state index contributed by atoms with van der Waals surface area (Å²) in [6.07, 6.45) is 4.83. The van der Waals surface area contributed by atoms with E-state index in [0.29, 0.717) is 6.42 Å². The Bertz CT molecular complexity index is 246. The summed E-state index contributed by atoms with van der Waals surface area (Å²) >= 11 is 0. The average Bonchev–Trinajstić information content (AvgIpc) is 3.18. The molecule has 2 rings (SSSR count). The normalized spacial score (nSPS) is 22.6. The number of ether oxygens (including phenoxy) is 1. The fourth-order valence-electron chi connectivity index (χ4n) is 2.36. The lowest BCUT2D eigenvalue weighted by Crippen LogP contribution is -2.47. The molecule has 0 amide bonds. The first-order chi connectivity index (χ1) is 8.28. The standard InChI is InChI=1S/C13H24N2O2/c1-17-13(16)5-7-15-10-8-14(9-11-15)6-4-12-2-3-12/h12H,2-11H2,1H3. The molecule has 0 aromatic rings. The summed E-state index contributed by atoms with van der Waals surface area (Å²) < 4.78 is 4.66. The van der Waals surface area contributed by atoms with Crippen molar-refractivity contribution < 1.29 is 9.53 Å². The van der Waals surface area contributed by atoms with Crippen LogP contribution in [0.4, 0.5) is 0 Å². The van der Waals surface area contributed by atoms with Crippen molar-refractivity contribution >= 4 is 5.97 Å². The Morgan fingerprint density at radius 1 is 1.12 bits per heavy atom. The molecule has 0 unspecified atom stereocenters. The number of methoxy groups -OCH3 is 1. The first-order valence-corrected chi connectivity index (χ1v) is 6.79. The van der Waals surface area contributed by atoms with Crippen LogP contribution in [-0.4, -0.2) is 62.1 Å². The molecule has 1 saturated carbocycles. The molecule has 0 atom stereocenters. The third-order valence-electron chi connectivity index (χ3n) is 3.88. The molecule has 2 fully saturated rings. The second-order valence-electron chi connectivity index (χ2n) is 5.24. The number of carbonyl (C=O) groups is 1. The summed E-state index contributed by atoms with van der Waals surface area (Å²) in [6.45, 7) is 6.64. The Morgan fingerprint density at radius 3 is 2.24 bits per heavy atom. The molecule has 0 spiro atoms. The highest BCUT2D eigenvalue weighted by atomic mass is 16.5. The van der Waals surface area contributed by atoms with Gasteiger partial charge in [0.1, 0.15) is 0 Å². The Balaban J connectivity index is 1.55. The van der Waals surface area contributed by atoms with Gasteiger partial charge in [-0.15, -0.1) is 0 Å². The molecule has 1 aliphatic heterocycles. The number of piperazine rings is 1. The molecule has 1 heterocycles. The fraction of sp³-hybridized carbons (Fsp3) is 0.923. The van der Waals surface area contributed by atoms with Gasteiger partial charge in [-0.05, 0) is 18.9 Å². The molecule has 4 nitrogen and oxygen atoms in total. The van der Waals surface area contributed by atoms with Crippen molar-refractivity contribution in [1.82, 2.24) is 9.80 Å². The Morgan fingerprint density at radius 2 is 1.71 bits per heavy atom. The van der Waals surface area contributed by atoms with Crippen LogP contribution in [0.15, 0.2) is 0 Å². The van der Waals surface area contributed by atoms with Crippen LogP contribution in [-0.2, 0) is 9.53 Å². The molecule has 98 valence electrons. The quantitative estimate of drug-likeness (QED) is 0.648. The van der Waals surface area contributed by atoms with E-state index in [1.54, 1.807) is 0 Å². The van der Waals surface area contributed by atoms with Gasteiger partial charge in [0.05, 0.1) is 13.5 Å². The lowest BCUT2D eigenvalue weighted by atomic mass is 10.2. The molecule has 0 aromatic carbocycles. The number of carbonyl (C=O) groups excluding carboxylic acids is 1. The van der Waals surface area contributed by atoms with Gasteiger partial charge in [0, 0.05) is 32.7 Å². The van der Waals surface area contributed by atoms with Gasteiger partial charge >= 0.3 is 5.97 Å². The van der Waals surface area contributed by atoms with Crippen molar-refractivity contribution in [3.63, 3.8) is 0 Å². The summed E-state index contributed by atoms with van der Waals surface area (Å²) in [5.74, 6) is 0.938. The maximum atomic E-state index is 11.0. The molecular formula is C13H24N2O2. The Labute approximate surface area is 104 Å². The Kier molecular flexibility index (Phi) is 4.80. The van der Waals surface area contributed by atoms with E-state index in [1.165, 1.54) is 32.9 Å². The lowest BCUT2D eigenvalue weighted by Gasteiger charge is -2.34. The average molecular weight is 240 g/mol. The summed E-state index contributed by atoms with van der Waals surface area (Å²) in [5, 5.41) is 0. The third kappa shape index (κ3) is 4.64. The zero-order valence-corrected chi connectivity index (χ0v) is 10.9. The van der Waals surface area contributed by atoms with Gasteiger partial charge < -0.3 is 14.5 Å². The lowest BCUT2D eigenvalue weighted by molar-refractivity contribution is -0.141. The van der Waals surface area contributed by atoms with Crippen LogP contribution in [0.5, 0.6) is 0 Å². The van der Waals surface area contributed by atoms with Crippen molar-refractivity contribution in [3.05, 3.63) is 0 Å². The predicted molar refractivity (Wildman–Crippen MR) is 66.9 cm³/mol. The number of hydrogen-bond donors (Lipinski definition) is 0. The van der Waals surface area contributed by atoms with Crippen molar-refractivity contribution in [3.8, 4) is 0 Å². The highest BCUT2D eigenvalue weighted by Gasteiger charge is 2.23. The molecule has 4 heteroatoms. The maximum absolute atomic E-state index is 11.0. The van der Waals surface area contributed by atoms with Crippen molar-refractivity contribution in [2.24, 2.45) is 5.92 Å². The number of rotatable bonds is 6. The van der Waals surface area contributed by atoms with E-state index in [4.69, 9.17) is 0 Å². The zero-order chi connectivity index (χ0) is 12.1. The molecule has 0 radical (unpaired) electrons. The van der Waals surface area contributed by atoms with Gasteiger partial charge in [-0.3, -0.25) is 4.79 Å². The van der Waals surface area contributed by atoms with Gasteiger partial charge in [0.15, 0.2) is 0 Å². The van der Waals surface area contributed by atoms with Gasteiger partial charge in [-0.2, -0.15) is 0 Å². The van der Waals surface area contributed by atoms with E-state index in [-0.39, 0.29) is 5.97 Å². The summed E-state index contributed by atoms with van der Waals surface area (Å²) in [6, 6.07) is 0. The van der Waals surface area contributed by atoms with Crippen LogP contribution in [0.3, 0.4) is 0 Å². The van der Waals surface area contributed by atoms with Crippen molar-refractivity contribution in [1.29, 1.82) is 0 Å². The van der Waals surface area contributed by atoms with Gasteiger partial charge in [0.2, 0.25) is 0 Å².